The van der Waals surface area contributed by atoms with Gasteiger partial charge in [-0.2, -0.15) is 0 Å². The molecule has 0 amide bonds. The number of hydrogen-bond acceptors (Lipinski definition) is 4. The predicted octanol–water partition coefficient (Wildman–Crippen LogP) is 4.22. The first-order valence-corrected chi connectivity index (χ1v) is 8.39. The molecule has 2 atom stereocenters. The molecule has 0 bridgehead atoms. The number of anilines is 1. The Morgan fingerprint density at radius 2 is 2.13 bits per heavy atom. The Kier molecular flexibility index (Phi) is 4.83. The number of hydrogen-bond donors (Lipinski definition) is 0. The van der Waals surface area contributed by atoms with E-state index in [1.807, 2.05) is 30.5 Å². The summed E-state index contributed by atoms with van der Waals surface area (Å²) in [6.07, 6.45) is 1.84. The van der Waals surface area contributed by atoms with Crippen LogP contribution in [0.4, 0.5) is 5.82 Å². The van der Waals surface area contributed by atoms with E-state index in [-0.39, 0.29) is 12.1 Å². The highest BCUT2D eigenvalue weighted by Gasteiger charge is 2.28. The van der Waals surface area contributed by atoms with Gasteiger partial charge < -0.3 is 9.64 Å². The van der Waals surface area contributed by atoms with Crippen LogP contribution < -0.4 is 4.90 Å². The highest BCUT2D eigenvalue weighted by atomic mass is 35.5. The van der Waals surface area contributed by atoms with Crippen LogP contribution in [-0.2, 0) is 4.74 Å². The molecular weight excluding hydrogens is 310 g/mol. The molecule has 23 heavy (non-hydrogen) atoms. The summed E-state index contributed by atoms with van der Waals surface area (Å²) >= 11 is 6.11. The normalized spacial score (nSPS) is 21.7. The number of morpholine rings is 1. The lowest BCUT2D eigenvalue weighted by atomic mass is 10.1. The third kappa shape index (κ3) is 3.65. The summed E-state index contributed by atoms with van der Waals surface area (Å²) in [7, 11) is 0. The van der Waals surface area contributed by atoms with E-state index in [0.29, 0.717) is 12.5 Å². The van der Waals surface area contributed by atoms with Crippen LogP contribution in [0.2, 0.25) is 5.02 Å². The number of benzene rings is 1. The molecular formula is C18H22ClN3O. The fourth-order valence-electron chi connectivity index (χ4n) is 2.79. The van der Waals surface area contributed by atoms with E-state index >= 15 is 0 Å². The lowest BCUT2D eigenvalue weighted by Gasteiger charge is -2.39. The molecule has 1 fully saturated rings. The van der Waals surface area contributed by atoms with Gasteiger partial charge in [-0.3, -0.25) is 0 Å². The summed E-state index contributed by atoms with van der Waals surface area (Å²) in [6.45, 7) is 7.80. The van der Waals surface area contributed by atoms with Crippen LogP contribution in [-0.4, -0.2) is 29.2 Å². The molecule has 0 radical (unpaired) electrons. The van der Waals surface area contributed by atoms with Crippen molar-refractivity contribution in [2.45, 2.75) is 38.8 Å². The SMILES string of the molecule is CC(C)c1nccc(N2CC(c3cccc(Cl)c3)OCC2C)n1. The van der Waals surface area contributed by atoms with Crippen molar-refractivity contribution < 1.29 is 4.74 Å². The Balaban J connectivity index is 1.85. The van der Waals surface area contributed by atoms with Crippen LogP contribution in [0.3, 0.4) is 0 Å². The fourth-order valence-corrected chi connectivity index (χ4v) is 2.99. The van der Waals surface area contributed by atoms with Crippen LogP contribution >= 0.6 is 11.6 Å². The van der Waals surface area contributed by atoms with Gasteiger partial charge in [0.15, 0.2) is 0 Å². The first-order valence-electron chi connectivity index (χ1n) is 8.01. The summed E-state index contributed by atoms with van der Waals surface area (Å²) in [5.41, 5.74) is 1.10. The lowest BCUT2D eigenvalue weighted by Crippen LogP contribution is -2.45. The molecule has 0 N–H and O–H groups in total. The molecule has 2 heterocycles. The van der Waals surface area contributed by atoms with Crippen LogP contribution in [0.1, 0.15) is 44.2 Å². The Morgan fingerprint density at radius 3 is 2.87 bits per heavy atom. The monoisotopic (exact) mass is 331 g/mol. The zero-order chi connectivity index (χ0) is 16.4. The largest absolute Gasteiger partial charge is 0.370 e. The van der Waals surface area contributed by atoms with Crippen molar-refractivity contribution in [3.63, 3.8) is 0 Å². The predicted molar refractivity (Wildman–Crippen MR) is 93.1 cm³/mol. The van der Waals surface area contributed by atoms with Crippen molar-refractivity contribution in [1.29, 1.82) is 0 Å². The molecule has 122 valence electrons. The molecule has 1 aromatic carbocycles. The van der Waals surface area contributed by atoms with Crippen molar-refractivity contribution in [2.75, 3.05) is 18.1 Å². The molecule has 1 saturated heterocycles. The van der Waals surface area contributed by atoms with E-state index in [4.69, 9.17) is 21.3 Å². The van der Waals surface area contributed by atoms with Gasteiger partial charge in [0.05, 0.1) is 19.2 Å². The molecule has 4 nitrogen and oxygen atoms in total. The third-order valence-corrected chi connectivity index (χ3v) is 4.36. The molecule has 2 unspecified atom stereocenters. The van der Waals surface area contributed by atoms with Crippen molar-refractivity contribution in [3.8, 4) is 0 Å². The van der Waals surface area contributed by atoms with Crippen LogP contribution in [0.25, 0.3) is 0 Å². The summed E-state index contributed by atoms with van der Waals surface area (Å²) in [5, 5.41) is 0.736. The average molecular weight is 332 g/mol. The second-order valence-electron chi connectivity index (χ2n) is 6.31. The van der Waals surface area contributed by atoms with Crippen LogP contribution in [0.5, 0.6) is 0 Å². The Bertz CT molecular complexity index is 677. The second-order valence-corrected chi connectivity index (χ2v) is 6.74. The Labute approximate surface area is 142 Å². The Morgan fingerprint density at radius 1 is 1.30 bits per heavy atom. The minimum Gasteiger partial charge on any atom is -0.370 e. The maximum Gasteiger partial charge on any atom is 0.133 e. The second kappa shape index (κ2) is 6.85. The topological polar surface area (TPSA) is 38.2 Å². The number of aromatic nitrogens is 2. The highest BCUT2D eigenvalue weighted by molar-refractivity contribution is 6.30. The first kappa shape index (κ1) is 16.2. The summed E-state index contributed by atoms with van der Waals surface area (Å²) < 4.78 is 6.02. The van der Waals surface area contributed by atoms with E-state index in [1.54, 1.807) is 0 Å². The van der Waals surface area contributed by atoms with Gasteiger partial charge in [-0.05, 0) is 30.7 Å². The van der Waals surface area contributed by atoms with Gasteiger partial charge in [0.1, 0.15) is 17.7 Å². The van der Waals surface area contributed by atoms with Gasteiger partial charge in [-0.15, -0.1) is 0 Å². The molecule has 0 spiro atoms. The molecule has 3 rings (SSSR count). The van der Waals surface area contributed by atoms with Crippen molar-refractivity contribution >= 4 is 17.4 Å². The number of halogens is 1. The molecule has 1 aliphatic heterocycles. The van der Waals surface area contributed by atoms with Crippen LogP contribution in [0, 0.1) is 0 Å². The quantitative estimate of drug-likeness (QED) is 0.844. The zero-order valence-electron chi connectivity index (χ0n) is 13.7. The van der Waals surface area contributed by atoms with Gasteiger partial charge in [-0.25, -0.2) is 9.97 Å². The van der Waals surface area contributed by atoms with Crippen LogP contribution in [0.15, 0.2) is 36.5 Å². The van der Waals surface area contributed by atoms with E-state index < -0.39 is 0 Å². The molecule has 0 saturated carbocycles. The number of rotatable bonds is 3. The summed E-state index contributed by atoms with van der Waals surface area (Å²) in [4.78, 5) is 11.4. The van der Waals surface area contributed by atoms with Crippen molar-refractivity contribution in [2.24, 2.45) is 0 Å². The van der Waals surface area contributed by atoms with Gasteiger partial charge in [0, 0.05) is 17.1 Å². The number of ether oxygens (including phenoxy) is 1. The smallest absolute Gasteiger partial charge is 0.133 e. The van der Waals surface area contributed by atoms with Crippen molar-refractivity contribution in [3.05, 3.63) is 52.9 Å². The van der Waals surface area contributed by atoms with Gasteiger partial charge in [0.2, 0.25) is 0 Å². The molecule has 2 aromatic rings. The molecule has 1 aliphatic rings. The Hall–Kier alpha value is -1.65. The average Bonchev–Trinajstić information content (AvgIpc) is 2.55. The summed E-state index contributed by atoms with van der Waals surface area (Å²) in [6, 6.07) is 10.1. The van der Waals surface area contributed by atoms with E-state index in [9.17, 15) is 0 Å². The molecule has 0 aliphatic carbocycles. The minimum atomic E-state index is 0.00219. The maximum absolute atomic E-state index is 6.11. The van der Waals surface area contributed by atoms with E-state index in [1.165, 1.54) is 0 Å². The standard InChI is InChI=1S/C18H22ClN3O/c1-12(2)18-20-8-7-17(21-18)22-10-16(23-11-13(22)3)14-5-4-6-15(19)9-14/h4-9,12-13,16H,10-11H2,1-3H3. The fraction of sp³-hybridized carbons (Fsp3) is 0.444. The van der Waals surface area contributed by atoms with E-state index in [2.05, 4.69) is 36.7 Å². The molecule has 1 aromatic heterocycles. The number of nitrogens with zero attached hydrogens (tertiary/aromatic N) is 3. The highest BCUT2D eigenvalue weighted by Crippen LogP contribution is 2.29. The zero-order valence-corrected chi connectivity index (χ0v) is 14.5. The van der Waals surface area contributed by atoms with Gasteiger partial charge >= 0.3 is 0 Å². The third-order valence-electron chi connectivity index (χ3n) is 4.12. The van der Waals surface area contributed by atoms with Gasteiger partial charge in [-0.1, -0.05) is 37.6 Å². The van der Waals surface area contributed by atoms with E-state index in [0.717, 1.165) is 28.8 Å². The van der Waals surface area contributed by atoms with Crippen molar-refractivity contribution in [1.82, 2.24) is 9.97 Å². The lowest BCUT2D eigenvalue weighted by molar-refractivity contribution is 0.0212. The maximum atomic E-state index is 6.11. The summed E-state index contributed by atoms with van der Waals surface area (Å²) in [5.74, 6) is 2.15. The first-order chi connectivity index (χ1) is 11.0. The van der Waals surface area contributed by atoms with Gasteiger partial charge in [0.25, 0.3) is 0 Å². The minimum absolute atomic E-state index is 0.00219. The molecule has 5 heteroatoms.